The molecule has 0 radical (unpaired) electrons. The van der Waals surface area contributed by atoms with Crippen LogP contribution in [0, 0.1) is 0 Å². The third kappa shape index (κ3) is 2.84. The third-order valence-corrected chi connectivity index (χ3v) is 4.17. The molecule has 0 aromatic heterocycles. The monoisotopic (exact) mass is 301 g/mol. The van der Waals surface area contributed by atoms with Crippen molar-refractivity contribution >= 4 is 12.1 Å². The second kappa shape index (κ2) is 6.22. The quantitative estimate of drug-likeness (QED) is 0.909. The Morgan fingerprint density at radius 3 is 2.36 bits per heavy atom. The van der Waals surface area contributed by atoms with E-state index < -0.39 is 0 Å². The fourth-order valence-electron chi connectivity index (χ4n) is 2.46. The van der Waals surface area contributed by atoms with Gasteiger partial charge in [-0.3, -0.25) is 0 Å². The zero-order valence-electron chi connectivity index (χ0n) is 13.8. The minimum Gasteiger partial charge on any atom is -0.325 e. The molecule has 0 aliphatic carbocycles. The van der Waals surface area contributed by atoms with Crippen LogP contribution in [0.4, 0.5) is 9.59 Å². The zero-order chi connectivity index (χ0) is 16.4. The van der Waals surface area contributed by atoms with E-state index in [4.69, 9.17) is 0 Å². The van der Waals surface area contributed by atoms with Gasteiger partial charge in [-0.15, -0.1) is 0 Å². The van der Waals surface area contributed by atoms with E-state index in [-0.39, 0.29) is 24.1 Å². The van der Waals surface area contributed by atoms with Crippen LogP contribution in [0.3, 0.4) is 0 Å². The van der Waals surface area contributed by atoms with Crippen molar-refractivity contribution in [1.29, 1.82) is 0 Å². The second-order valence-corrected chi connectivity index (χ2v) is 5.91. The number of hydrogen-bond donors (Lipinski definition) is 1. The van der Waals surface area contributed by atoms with Crippen molar-refractivity contribution in [3.05, 3.63) is 47.2 Å². The Morgan fingerprint density at radius 1 is 1.23 bits per heavy atom. The number of nitrogens with one attached hydrogen (secondary N) is 1. The molecule has 1 atom stereocenters. The van der Waals surface area contributed by atoms with Gasteiger partial charge in [0.1, 0.15) is 0 Å². The van der Waals surface area contributed by atoms with Gasteiger partial charge in [0.15, 0.2) is 0 Å². The van der Waals surface area contributed by atoms with E-state index in [2.05, 4.69) is 5.32 Å². The summed E-state index contributed by atoms with van der Waals surface area (Å²) in [5, 5.41) is 2.77. The molecule has 1 heterocycles. The highest BCUT2D eigenvalue weighted by molar-refractivity contribution is 5.96. The van der Waals surface area contributed by atoms with Crippen molar-refractivity contribution in [2.45, 2.75) is 39.8 Å². The Bertz CT molecular complexity index is 608. The lowest BCUT2D eigenvalue weighted by molar-refractivity contribution is 0.141. The Labute approximate surface area is 131 Å². The fourth-order valence-corrected chi connectivity index (χ4v) is 2.46. The first-order chi connectivity index (χ1) is 10.3. The maximum Gasteiger partial charge on any atom is 0.330 e. The molecule has 0 bridgehead atoms. The topological polar surface area (TPSA) is 52.7 Å². The molecule has 0 saturated heterocycles. The lowest BCUT2D eigenvalue weighted by atomic mass is 9.95. The van der Waals surface area contributed by atoms with Crippen LogP contribution in [0.2, 0.25) is 0 Å². The standard InChI is InChI=1S/C17H23N3O2/c1-11(2)19(5)17(22)20-15(14-9-7-6-8-10-14)12(3)13(4)18-16(20)21/h6-11,15H,1-5H3,(H,18,21). The number of amides is 4. The molecule has 0 spiro atoms. The SMILES string of the molecule is CC1=C(C)C(c2ccccc2)N(C(=O)N(C)C(C)C)C(=O)N1. The van der Waals surface area contributed by atoms with Crippen LogP contribution in [0.1, 0.15) is 39.3 Å². The van der Waals surface area contributed by atoms with Crippen molar-refractivity contribution in [3.63, 3.8) is 0 Å². The molecule has 1 aliphatic heterocycles. The summed E-state index contributed by atoms with van der Waals surface area (Å²) in [5.74, 6) is 0. The van der Waals surface area contributed by atoms with Gasteiger partial charge in [0.05, 0.1) is 6.04 Å². The van der Waals surface area contributed by atoms with Gasteiger partial charge in [0.25, 0.3) is 0 Å². The van der Waals surface area contributed by atoms with Crippen LogP contribution in [0.15, 0.2) is 41.6 Å². The van der Waals surface area contributed by atoms with Gasteiger partial charge in [-0.2, -0.15) is 0 Å². The fraction of sp³-hybridized carbons (Fsp3) is 0.412. The predicted octanol–water partition coefficient (Wildman–Crippen LogP) is 3.51. The van der Waals surface area contributed by atoms with Crippen LogP contribution in [-0.4, -0.2) is 35.0 Å². The number of nitrogens with zero attached hydrogens (tertiary/aromatic N) is 2. The van der Waals surface area contributed by atoms with Crippen LogP contribution in [0.5, 0.6) is 0 Å². The first-order valence-electron chi connectivity index (χ1n) is 7.44. The van der Waals surface area contributed by atoms with E-state index in [0.29, 0.717) is 0 Å². The molecule has 1 aromatic carbocycles. The second-order valence-electron chi connectivity index (χ2n) is 5.91. The van der Waals surface area contributed by atoms with E-state index in [1.807, 2.05) is 58.0 Å². The van der Waals surface area contributed by atoms with E-state index in [9.17, 15) is 9.59 Å². The van der Waals surface area contributed by atoms with Crippen LogP contribution < -0.4 is 5.32 Å². The number of allylic oxidation sites excluding steroid dienone is 1. The first-order valence-corrected chi connectivity index (χ1v) is 7.44. The summed E-state index contributed by atoms with van der Waals surface area (Å²) in [6.07, 6.45) is 0. The van der Waals surface area contributed by atoms with Crippen LogP contribution in [-0.2, 0) is 0 Å². The average Bonchev–Trinajstić information content (AvgIpc) is 2.49. The van der Waals surface area contributed by atoms with Crippen molar-refractivity contribution in [2.24, 2.45) is 0 Å². The highest BCUT2D eigenvalue weighted by Gasteiger charge is 2.38. The Kier molecular flexibility index (Phi) is 4.54. The van der Waals surface area contributed by atoms with Crippen molar-refractivity contribution in [3.8, 4) is 0 Å². The number of rotatable bonds is 2. The molecular formula is C17H23N3O2. The molecule has 0 fully saturated rings. The minimum atomic E-state index is -0.380. The molecule has 2 rings (SSSR count). The summed E-state index contributed by atoms with van der Waals surface area (Å²) in [4.78, 5) is 28.1. The maximum atomic E-state index is 12.8. The molecule has 1 aromatic rings. The largest absolute Gasteiger partial charge is 0.330 e. The van der Waals surface area contributed by atoms with Gasteiger partial charge in [0.2, 0.25) is 0 Å². The van der Waals surface area contributed by atoms with Crippen LogP contribution >= 0.6 is 0 Å². The molecule has 1 aliphatic rings. The number of benzene rings is 1. The molecule has 1 unspecified atom stereocenters. The lowest BCUT2D eigenvalue weighted by Crippen LogP contribution is -2.54. The summed E-state index contributed by atoms with van der Waals surface area (Å²) >= 11 is 0. The van der Waals surface area contributed by atoms with E-state index in [1.54, 1.807) is 11.9 Å². The first kappa shape index (κ1) is 16.1. The number of urea groups is 2. The maximum absolute atomic E-state index is 12.8. The van der Waals surface area contributed by atoms with Gasteiger partial charge in [-0.1, -0.05) is 30.3 Å². The Balaban J connectivity index is 2.49. The van der Waals surface area contributed by atoms with Gasteiger partial charge >= 0.3 is 12.1 Å². The summed E-state index contributed by atoms with van der Waals surface area (Å²) < 4.78 is 0. The molecule has 5 nitrogen and oxygen atoms in total. The normalized spacial score (nSPS) is 18.5. The molecule has 1 N–H and O–H groups in total. The highest BCUT2D eigenvalue weighted by Crippen LogP contribution is 2.33. The molecule has 22 heavy (non-hydrogen) atoms. The summed E-state index contributed by atoms with van der Waals surface area (Å²) in [7, 11) is 1.71. The molecule has 4 amide bonds. The Hall–Kier alpha value is -2.30. The van der Waals surface area contributed by atoms with Crippen molar-refractivity contribution in [1.82, 2.24) is 15.1 Å². The van der Waals surface area contributed by atoms with Crippen molar-refractivity contribution < 1.29 is 9.59 Å². The minimum absolute atomic E-state index is 0.0176. The zero-order valence-corrected chi connectivity index (χ0v) is 13.8. The third-order valence-electron chi connectivity index (χ3n) is 4.17. The summed E-state index contributed by atoms with van der Waals surface area (Å²) in [6, 6.07) is 8.60. The highest BCUT2D eigenvalue weighted by atomic mass is 16.2. The summed E-state index contributed by atoms with van der Waals surface area (Å²) in [6.45, 7) is 7.65. The number of imide groups is 1. The molecule has 118 valence electrons. The number of carbonyl (C=O) groups excluding carboxylic acids is 2. The van der Waals surface area contributed by atoms with E-state index >= 15 is 0 Å². The van der Waals surface area contributed by atoms with Crippen LogP contribution in [0.25, 0.3) is 0 Å². The summed E-state index contributed by atoms with van der Waals surface area (Å²) in [5.41, 5.74) is 2.70. The molecule has 0 saturated carbocycles. The number of hydrogen-bond acceptors (Lipinski definition) is 2. The predicted molar refractivity (Wildman–Crippen MR) is 86.2 cm³/mol. The van der Waals surface area contributed by atoms with Gasteiger partial charge < -0.3 is 10.2 Å². The van der Waals surface area contributed by atoms with Gasteiger partial charge in [0, 0.05) is 18.8 Å². The molecule has 5 heteroatoms. The lowest BCUT2D eigenvalue weighted by Gasteiger charge is -2.39. The Morgan fingerprint density at radius 2 is 1.82 bits per heavy atom. The number of carbonyl (C=O) groups is 2. The van der Waals surface area contributed by atoms with Gasteiger partial charge in [-0.05, 0) is 38.8 Å². The van der Waals surface area contributed by atoms with E-state index in [1.165, 1.54) is 4.90 Å². The van der Waals surface area contributed by atoms with Gasteiger partial charge in [-0.25, -0.2) is 14.5 Å². The molecular weight excluding hydrogens is 278 g/mol. The van der Waals surface area contributed by atoms with E-state index in [0.717, 1.165) is 16.8 Å². The average molecular weight is 301 g/mol. The van der Waals surface area contributed by atoms with Crippen molar-refractivity contribution in [2.75, 3.05) is 7.05 Å². The smallest absolute Gasteiger partial charge is 0.325 e.